The fraction of sp³-hybridized carbons (Fsp3) is 0.0833. The Labute approximate surface area is 204 Å². The van der Waals surface area contributed by atoms with E-state index in [1.165, 1.54) is 40.6 Å². The highest BCUT2D eigenvalue weighted by molar-refractivity contribution is 7.98. The monoisotopic (exact) mass is 492 g/mol. The van der Waals surface area contributed by atoms with Gasteiger partial charge in [0, 0.05) is 34.2 Å². The maximum atomic E-state index is 12.4. The van der Waals surface area contributed by atoms with E-state index in [0.29, 0.717) is 16.0 Å². The summed E-state index contributed by atoms with van der Waals surface area (Å²) in [4.78, 5) is 36.2. The van der Waals surface area contributed by atoms with E-state index in [0.717, 1.165) is 16.9 Å². The molecule has 0 saturated carbocycles. The van der Waals surface area contributed by atoms with Crippen molar-refractivity contribution in [2.75, 3.05) is 16.5 Å². The molecule has 4 aromatic rings. The molecule has 0 spiro atoms. The van der Waals surface area contributed by atoms with E-state index in [9.17, 15) is 9.59 Å². The van der Waals surface area contributed by atoms with Gasteiger partial charge < -0.3 is 0 Å². The van der Waals surface area contributed by atoms with Crippen LogP contribution in [-0.4, -0.2) is 28.0 Å². The van der Waals surface area contributed by atoms with Crippen LogP contribution in [0.5, 0.6) is 0 Å². The van der Waals surface area contributed by atoms with Crippen molar-refractivity contribution in [1.29, 1.82) is 0 Å². The summed E-state index contributed by atoms with van der Waals surface area (Å²) in [7, 11) is 0. The first-order valence-electron chi connectivity index (χ1n) is 9.94. The zero-order chi connectivity index (χ0) is 23.2. The fourth-order valence-corrected chi connectivity index (χ4v) is 4.98. The summed E-state index contributed by atoms with van der Waals surface area (Å²) in [6.07, 6.45) is 5.07. The Morgan fingerprint density at radius 2 is 1.76 bits per heavy atom. The summed E-state index contributed by atoms with van der Waals surface area (Å²) in [6.45, 7) is 1.50. The minimum absolute atomic E-state index is 0.133. The first-order valence-corrected chi connectivity index (χ1v) is 12.9. The summed E-state index contributed by atoms with van der Waals surface area (Å²) < 4.78 is 0. The van der Waals surface area contributed by atoms with Crippen LogP contribution in [0.4, 0.5) is 16.0 Å². The summed E-state index contributed by atoms with van der Waals surface area (Å²) in [5.41, 5.74) is 3.17. The van der Waals surface area contributed by atoms with Gasteiger partial charge in [-0.2, -0.15) is 0 Å². The normalized spacial score (nSPS) is 11.0. The van der Waals surface area contributed by atoms with Crippen LogP contribution in [0.3, 0.4) is 0 Å². The Balaban J connectivity index is 1.41. The Bertz CT molecular complexity index is 1280. The van der Waals surface area contributed by atoms with Gasteiger partial charge in [-0.1, -0.05) is 30.3 Å². The average Bonchev–Trinajstić information content (AvgIpc) is 3.48. The molecule has 33 heavy (non-hydrogen) atoms. The molecular weight excluding hydrogens is 472 g/mol. The van der Waals surface area contributed by atoms with Crippen molar-refractivity contribution in [3.05, 3.63) is 77.1 Å². The molecule has 0 unspecified atom stereocenters. The lowest BCUT2D eigenvalue weighted by atomic mass is 10.2. The van der Waals surface area contributed by atoms with Crippen LogP contribution in [0.1, 0.15) is 12.6 Å². The molecule has 0 bridgehead atoms. The predicted octanol–water partition coefficient (Wildman–Crippen LogP) is 6.33. The number of anilines is 3. The first kappa shape index (κ1) is 22.9. The van der Waals surface area contributed by atoms with Gasteiger partial charge in [-0.05, 0) is 36.6 Å². The van der Waals surface area contributed by atoms with Gasteiger partial charge >= 0.3 is 0 Å². The van der Waals surface area contributed by atoms with E-state index < -0.39 is 0 Å². The molecule has 6 nitrogen and oxygen atoms in total. The van der Waals surface area contributed by atoms with Gasteiger partial charge in [0.15, 0.2) is 10.3 Å². The van der Waals surface area contributed by atoms with Gasteiger partial charge in [-0.25, -0.2) is 9.97 Å². The molecule has 1 N–H and O–H groups in total. The van der Waals surface area contributed by atoms with Gasteiger partial charge in [-0.3, -0.25) is 19.8 Å². The quantitative estimate of drug-likeness (QED) is 0.241. The number of hydrogen-bond acceptors (Lipinski definition) is 7. The molecule has 2 aromatic heterocycles. The molecule has 2 heterocycles. The van der Waals surface area contributed by atoms with Crippen LogP contribution in [0.15, 0.2) is 76.3 Å². The van der Waals surface area contributed by atoms with Gasteiger partial charge in [-0.15, -0.1) is 34.4 Å². The number of nitrogens with zero attached hydrogens (tertiary/aromatic N) is 3. The molecule has 9 heteroatoms. The van der Waals surface area contributed by atoms with E-state index in [4.69, 9.17) is 0 Å². The van der Waals surface area contributed by atoms with Crippen LogP contribution in [0.25, 0.3) is 17.3 Å². The predicted molar refractivity (Wildman–Crippen MR) is 138 cm³/mol. The molecule has 166 valence electrons. The summed E-state index contributed by atoms with van der Waals surface area (Å²) in [6, 6.07) is 17.5. The average molecular weight is 493 g/mol. The highest BCUT2D eigenvalue weighted by Gasteiger charge is 2.17. The van der Waals surface area contributed by atoms with Crippen molar-refractivity contribution in [1.82, 2.24) is 9.97 Å². The molecule has 0 atom stereocenters. The van der Waals surface area contributed by atoms with Gasteiger partial charge in [0.1, 0.15) is 0 Å². The van der Waals surface area contributed by atoms with Gasteiger partial charge in [0.2, 0.25) is 11.8 Å². The summed E-state index contributed by atoms with van der Waals surface area (Å²) in [5.74, 6) is -0.429. The molecule has 2 amide bonds. The van der Waals surface area contributed by atoms with Gasteiger partial charge in [0.25, 0.3) is 0 Å². The molecule has 0 aliphatic rings. The number of thioether (sulfide) groups is 1. The molecule has 0 saturated heterocycles. The number of rotatable bonds is 7. The zero-order valence-electron chi connectivity index (χ0n) is 17.9. The van der Waals surface area contributed by atoms with Crippen LogP contribution >= 0.6 is 34.4 Å². The lowest BCUT2D eigenvalue weighted by molar-refractivity contribution is -0.116. The minimum atomic E-state index is -0.297. The number of hydrogen-bond donors (Lipinski definition) is 1. The summed E-state index contributed by atoms with van der Waals surface area (Å²) in [5, 5.41) is 7.58. The Kier molecular flexibility index (Phi) is 7.33. The third-order valence-electron chi connectivity index (χ3n) is 4.56. The third kappa shape index (κ3) is 5.75. The van der Waals surface area contributed by atoms with E-state index in [1.807, 2.05) is 66.2 Å². The van der Waals surface area contributed by atoms with Crippen LogP contribution in [0, 0.1) is 0 Å². The fourth-order valence-electron chi connectivity index (χ4n) is 2.99. The molecule has 0 aliphatic heterocycles. The van der Waals surface area contributed by atoms with Gasteiger partial charge in [0.05, 0.1) is 17.1 Å². The number of amides is 2. The number of carbonyl (C=O) groups is 2. The van der Waals surface area contributed by atoms with E-state index in [-0.39, 0.29) is 11.8 Å². The standard InChI is InChI=1S/C24H20N4O2S3/c1-16(29)28(19-6-4-3-5-7-19)24-25-18(14-33-24)10-13-22(30)27-23-26-21(15-32-23)17-8-11-20(31-2)12-9-17/h3-15H,1-2H3,(H,26,27,30)/b13-10+. The Morgan fingerprint density at radius 3 is 2.45 bits per heavy atom. The number of nitrogens with one attached hydrogen (secondary N) is 1. The SMILES string of the molecule is CSc1ccc(-c2csc(NC(=O)/C=C/c3csc(N(C(C)=O)c4ccccc4)n3)n2)cc1. The van der Waals surface area contributed by atoms with Crippen molar-refractivity contribution < 1.29 is 9.59 Å². The summed E-state index contributed by atoms with van der Waals surface area (Å²) >= 11 is 4.40. The van der Waals surface area contributed by atoms with E-state index in [2.05, 4.69) is 15.3 Å². The molecule has 0 aliphatic carbocycles. The zero-order valence-corrected chi connectivity index (χ0v) is 20.3. The van der Waals surface area contributed by atoms with E-state index in [1.54, 1.807) is 28.1 Å². The highest BCUT2D eigenvalue weighted by Crippen LogP contribution is 2.29. The van der Waals surface area contributed by atoms with Crippen molar-refractivity contribution in [3.8, 4) is 11.3 Å². The number of aromatic nitrogens is 2. The first-order chi connectivity index (χ1) is 16.0. The topological polar surface area (TPSA) is 75.2 Å². The second kappa shape index (κ2) is 10.6. The van der Waals surface area contributed by atoms with Crippen molar-refractivity contribution >= 4 is 68.3 Å². The molecule has 0 radical (unpaired) electrons. The lowest BCUT2D eigenvalue weighted by Gasteiger charge is -2.17. The molecule has 2 aromatic carbocycles. The number of benzene rings is 2. The largest absolute Gasteiger partial charge is 0.298 e. The molecule has 4 rings (SSSR count). The van der Waals surface area contributed by atoms with Crippen molar-refractivity contribution in [2.45, 2.75) is 11.8 Å². The molecule has 0 fully saturated rings. The maximum Gasteiger partial charge on any atom is 0.250 e. The van der Waals surface area contributed by atoms with Crippen molar-refractivity contribution in [2.24, 2.45) is 0 Å². The van der Waals surface area contributed by atoms with Crippen molar-refractivity contribution in [3.63, 3.8) is 0 Å². The Hall–Kier alpha value is -3.27. The van der Waals surface area contributed by atoms with Crippen LogP contribution in [0.2, 0.25) is 0 Å². The maximum absolute atomic E-state index is 12.4. The van der Waals surface area contributed by atoms with Crippen LogP contribution < -0.4 is 10.2 Å². The second-order valence-corrected chi connectivity index (χ2v) is 9.41. The second-order valence-electron chi connectivity index (χ2n) is 6.83. The lowest BCUT2D eigenvalue weighted by Crippen LogP contribution is -2.22. The Morgan fingerprint density at radius 1 is 1.00 bits per heavy atom. The number of para-hydroxylation sites is 1. The van der Waals surface area contributed by atoms with E-state index >= 15 is 0 Å². The number of thiazole rings is 2. The number of carbonyl (C=O) groups excluding carboxylic acids is 2. The van der Waals surface area contributed by atoms with Crippen LogP contribution in [-0.2, 0) is 9.59 Å². The smallest absolute Gasteiger partial charge is 0.250 e. The molecular formula is C24H20N4O2S3. The highest BCUT2D eigenvalue weighted by atomic mass is 32.2. The minimum Gasteiger partial charge on any atom is -0.298 e. The third-order valence-corrected chi connectivity index (χ3v) is 6.90.